The Bertz CT molecular complexity index is 277. The van der Waals surface area contributed by atoms with Gasteiger partial charge in [0, 0.05) is 31.1 Å². The molecule has 1 N–H and O–H groups in total. The molecule has 0 spiro atoms. The second-order valence-corrected chi connectivity index (χ2v) is 5.55. The lowest BCUT2D eigenvalue weighted by atomic mass is 9.65. The van der Waals surface area contributed by atoms with Crippen LogP contribution in [0.1, 0.15) is 34.1 Å². The van der Waals surface area contributed by atoms with Crippen LogP contribution >= 0.6 is 24.0 Å². The van der Waals surface area contributed by atoms with Gasteiger partial charge in [0.1, 0.15) is 0 Å². The summed E-state index contributed by atoms with van der Waals surface area (Å²) < 4.78 is 12.0. The maximum atomic E-state index is 12.0. The number of likely N-dealkylation sites (tertiary alicyclic amines) is 1. The van der Waals surface area contributed by atoms with Crippen LogP contribution in [0.2, 0.25) is 0 Å². The van der Waals surface area contributed by atoms with E-state index in [1.807, 2.05) is 0 Å². The molecule has 1 fully saturated rings. The van der Waals surface area contributed by atoms with Crippen molar-refractivity contribution in [1.29, 1.82) is 0 Å². The highest BCUT2D eigenvalue weighted by atomic mass is 127. The molecule has 17 heavy (non-hydrogen) atoms. The van der Waals surface area contributed by atoms with Crippen LogP contribution in [0.5, 0.6) is 0 Å². The molecule has 0 aromatic carbocycles. The summed E-state index contributed by atoms with van der Waals surface area (Å²) in [4.78, 5) is 6.51. The Morgan fingerprint density at radius 1 is 1.35 bits per heavy atom. The zero-order valence-corrected chi connectivity index (χ0v) is 13.8. The average molecular weight is 357 g/mol. The van der Waals surface area contributed by atoms with Gasteiger partial charge in [-0.3, -0.25) is 9.38 Å². The largest absolute Gasteiger partial charge is 0.356 e. The molecule has 0 radical (unpaired) electrons. The summed E-state index contributed by atoms with van der Waals surface area (Å²) in [7, 11) is 1.78. The molecule has 1 heterocycles. The summed E-state index contributed by atoms with van der Waals surface area (Å²) in [6, 6.07) is 0. The van der Waals surface area contributed by atoms with Gasteiger partial charge in [0.25, 0.3) is 0 Å². The van der Waals surface area contributed by atoms with E-state index in [0.717, 1.165) is 12.5 Å². The van der Waals surface area contributed by atoms with Crippen molar-refractivity contribution in [3.8, 4) is 0 Å². The number of guanidine groups is 1. The molecular weight excluding hydrogens is 332 g/mol. The van der Waals surface area contributed by atoms with Gasteiger partial charge in [0.15, 0.2) is 5.96 Å². The van der Waals surface area contributed by atoms with Gasteiger partial charge >= 0.3 is 0 Å². The molecule has 0 atom stereocenters. The van der Waals surface area contributed by atoms with E-state index in [-0.39, 0.29) is 36.2 Å². The lowest BCUT2D eigenvalue weighted by Gasteiger charge is -2.62. The van der Waals surface area contributed by atoms with Crippen molar-refractivity contribution in [2.75, 3.05) is 26.8 Å². The van der Waals surface area contributed by atoms with Crippen LogP contribution in [0.4, 0.5) is 4.39 Å². The Balaban J connectivity index is 0.00000256. The van der Waals surface area contributed by atoms with Crippen LogP contribution in [-0.4, -0.2) is 43.2 Å². The number of alkyl halides is 1. The average Bonchev–Trinajstić information content (AvgIpc) is 2.22. The van der Waals surface area contributed by atoms with Crippen LogP contribution in [0.15, 0.2) is 4.99 Å². The normalized spacial score (nSPS) is 21.5. The summed E-state index contributed by atoms with van der Waals surface area (Å²) in [6.45, 7) is 10.3. The number of hydrogen-bond acceptors (Lipinski definition) is 1. The topological polar surface area (TPSA) is 27.6 Å². The highest BCUT2D eigenvalue weighted by Gasteiger charge is 2.53. The molecule has 3 nitrogen and oxygen atoms in total. The van der Waals surface area contributed by atoms with Crippen LogP contribution in [0.25, 0.3) is 0 Å². The van der Waals surface area contributed by atoms with Gasteiger partial charge in [-0.1, -0.05) is 13.8 Å². The molecule has 1 aliphatic heterocycles. The van der Waals surface area contributed by atoms with Gasteiger partial charge in [-0.05, 0) is 20.3 Å². The monoisotopic (exact) mass is 357 g/mol. The summed E-state index contributed by atoms with van der Waals surface area (Å²) in [6.07, 6.45) is 0.538. The molecule has 0 bridgehead atoms. The van der Waals surface area contributed by atoms with Crippen molar-refractivity contribution in [3.05, 3.63) is 0 Å². The van der Waals surface area contributed by atoms with E-state index in [2.05, 4.69) is 42.9 Å². The van der Waals surface area contributed by atoms with Crippen molar-refractivity contribution in [1.82, 2.24) is 10.2 Å². The van der Waals surface area contributed by atoms with Gasteiger partial charge < -0.3 is 10.2 Å². The zero-order valence-electron chi connectivity index (χ0n) is 11.5. The first-order chi connectivity index (χ1) is 7.36. The molecule has 0 aliphatic carbocycles. The second kappa shape index (κ2) is 6.20. The Morgan fingerprint density at radius 3 is 2.29 bits per heavy atom. The molecule has 0 amide bonds. The minimum Gasteiger partial charge on any atom is -0.356 e. The van der Waals surface area contributed by atoms with Gasteiger partial charge in [-0.15, -0.1) is 24.0 Å². The number of aliphatic imine (C=N–C) groups is 1. The lowest BCUT2D eigenvalue weighted by molar-refractivity contribution is -0.0667. The van der Waals surface area contributed by atoms with Crippen molar-refractivity contribution < 1.29 is 4.39 Å². The number of hydrogen-bond donors (Lipinski definition) is 1. The van der Waals surface area contributed by atoms with Gasteiger partial charge in [-0.25, -0.2) is 0 Å². The number of rotatable bonds is 3. The molecule has 0 saturated carbocycles. The van der Waals surface area contributed by atoms with Crippen molar-refractivity contribution in [2.24, 2.45) is 10.4 Å². The first-order valence-electron chi connectivity index (χ1n) is 5.91. The maximum absolute atomic E-state index is 12.0. The molecule has 1 saturated heterocycles. The molecule has 102 valence electrons. The third kappa shape index (κ3) is 3.23. The van der Waals surface area contributed by atoms with Crippen molar-refractivity contribution >= 4 is 29.9 Å². The Morgan fingerprint density at radius 2 is 1.94 bits per heavy atom. The predicted molar refractivity (Wildman–Crippen MR) is 81.9 cm³/mol. The van der Waals surface area contributed by atoms with Gasteiger partial charge in [-0.2, -0.15) is 0 Å². The van der Waals surface area contributed by atoms with Crippen LogP contribution < -0.4 is 5.32 Å². The highest BCUT2D eigenvalue weighted by Crippen LogP contribution is 2.46. The molecule has 5 heteroatoms. The van der Waals surface area contributed by atoms with E-state index in [1.165, 1.54) is 0 Å². The third-order valence-electron chi connectivity index (χ3n) is 3.95. The summed E-state index contributed by atoms with van der Waals surface area (Å²) in [5.74, 6) is 0.887. The predicted octanol–water partition coefficient (Wildman–Crippen LogP) is 2.66. The number of halogens is 2. The number of nitrogens with one attached hydrogen (secondary N) is 1. The fourth-order valence-corrected chi connectivity index (χ4v) is 1.96. The van der Waals surface area contributed by atoms with E-state index in [0.29, 0.717) is 18.4 Å². The SMILES string of the molecule is CN=C(NCCCF)N1CC(C)(C)C1(C)C.I. The molecular formula is C12H25FIN3. The first kappa shape index (κ1) is 16.9. The second-order valence-electron chi connectivity index (χ2n) is 5.55. The first-order valence-corrected chi connectivity index (χ1v) is 5.91. The van der Waals surface area contributed by atoms with Crippen molar-refractivity contribution in [3.63, 3.8) is 0 Å². The summed E-state index contributed by atoms with van der Waals surface area (Å²) in [5.41, 5.74) is 0.398. The van der Waals surface area contributed by atoms with Crippen LogP contribution in [0.3, 0.4) is 0 Å². The maximum Gasteiger partial charge on any atom is 0.194 e. The van der Waals surface area contributed by atoms with E-state index in [4.69, 9.17) is 0 Å². The Hall–Kier alpha value is -0.0700. The molecule has 0 aromatic heterocycles. The van der Waals surface area contributed by atoms with E-state index in [1.54, 1.807) is 7.05 Å². The van der Waals surface area contributed by atoms with Gasteiger partial charge in [0.2, 0.25) is 0 Å². The minimum atomic E-state index is -0.279. The fraction of sp³-hybridized carbons (Fsp3) is 0.917. The molecule has 0 aromatic rings. The summed E-state index contributed by atoms with van der Waals surface area (Å²) >= 11 is 0. The van der Waals surface area contributed by atoms with Crippen LogP contribution in [0, 0.1) is 5.41 Å². The standard InChI is InChI=1S/C12H24FN3.HI/c1-11(2)9-16(12(11,3)4)10(14-5)15-8-6-7-13;/h6-9H2,1-5H3,(H,14,15);1H. The minimum absolute atomic E-state index is 0. The quantitative estimate of drug-likeness (QED) is 0.364. The van der Waals surface area contributed by atoms with Crippen LogP contribution in [-0.2, 0) is 0 Å². The molecule has 0 unspecified atom stereocenters. The Kier molecular flexibility index (Phi) is 6.18. The Labute approximate surface area is 121 Å². The van der Waals surface area contributed by atoms with Gasteiger partial charge in [0.05, 0.1) is 6.67 Å². The smallest absolute Gasteiger partial charge is 0.194 e. The zero-order chi connectivity index (χ0) is 12.4. The number of nitrogens with zero attached hydrogens (tertiary/aromatic N) is 2. The molecule has 1 rings (SSSR count). The highest BCUT2D eigenvalue weighted by molar-refractivity contribution is 14.0. The van der Waals surface area contributed by atoms with E-state index < -0.39 is 0 Å². The third-order valence-corrected chi connectivity index (χ3v) is 3.95. The summed E-state index contributed by atoms with van der Waals surface area (Å²) in [5, 5.41) is 3.20. The lowest BCUT2D eigenvalue weighted by Crippen LogP contribution is -2.72. The van der Waals surface area contributed by atoms with E-state index >= 15 is 0 Å². The van der Waals surface area contributed by atoms with E-state index in [9.17, 15) is 4.39 Å². The van der Waals surface area contributed by atoms with Crippen molar-refractivity contribution in [2.45, 2.75) is 39.7 Å². The fourth-order valence-electron chi connectivity index (χ4n) is 1.96. The molecule has 1 aliphatic rings.